The molecule has 0 aliphatic rings. The van der Waals surface area contributed by atoms with Gasteiger partial charge in [0, 0.05) is 37.4 Å². The number of aromatic nitrogens is 5. The maximum atomic E-state index is 12.3. The Kier molecular flexibility index (Phi) is 4.92. The fourth-order valence-corrected chi connectivity index (χ4v) is 2.66. The lowest BCUT2D eigenvalue weighted by Gasteiger charge is -2.14. The van der Waals surface area contributed by atoms with Crippen LogP contribution in [0, 0.1) is 19.8 Å². The van der Waals surface area contributed by atoms with Crippen LogP contribution in [0.1, 0.15) is 28.7 Å². The minimum absolute atomic E-state index is 0.120. The second kappa shape index (κ2) is 7.29. The molecule has 0 unspecified atom stereocenters. The summed E-state index contributed by atoms with van der Waals surface area (Å²) in [5.74, 6) is 0.886. The molecule has 3 aromatic rings. The van der Waals surface area contributed by atoms with Gasteiger partial charge in [-0.3, -0.25) is 14.0 Å². The first kappa shape index (κ1) is 16.9. The van der Waals surface area contributed by atoms with Crippen LogP contribution in [-0.4, -0.2) is 36.8 Å². The van der Waals surface area contributed by atoms with Crippen LogP contribution in [-0.2, 0) is 6.54 Å². The topological polar surface area (TPSA) is 77.6 Å². The van der Waals surface area contributed by atoms with E-state index in [0.717, 1.165) is 23.8 Å². The number of rotatable bonds is 6. The van der Waals surface area contributed by atoms with Gasteiger partial charge in [0.2, 0.25) is 0 Å². The van der Waals surface area contributed by atoms with E-state index in [1.165, 1.54) is 0 Å². The van der Waals surface area contributed by atoms with Gasteiger partial charge < -0.3 is 5.32 Å². The summed E-state index contributed by atoms with van der Waals surface area (Å²) < 4.78 is 3.77. The summed E-state index contributed by atoms with van der Waals surface area (Å²) in [5.41, 5.74) is 2.69. The third-order valence-electron chi connectivity index (χ3n) is 3.98. The molecule has 25 heavy (non-hydrogen) atoms. The summed E-state index contributed by atoms with van der Waals surface area (Å²) in [5, 5.41) is 7.42. The van der Waals surface area contributed by atoms with Crippen LogP contribution in [0.15, 0.2) is 43.1 Å². The van der Waals surface area contributed by atoms with E-state index >= 15 is 0 Å². The molecule has 0 saturated carbocycles. The highest BCUT2D eigenvalue weighted by Crippen LogP contribution is 2.08. The summed E-state index contributed by atoms with van der Waals surface area (Å²) in [6.07, 6.45) is 6.74. The van der Waals surface area contributed by atoms with Gasteiger partial charge in [0.15, 0.2) is 0 Å². The maximum absolute atomic E-state index is 12.3. The average Bonchev–Trinajstić information content (AvgIpc) is 3.23. The molecule has 0 fully saturated rings. The van der Waals surface area contributed by atoms with Crippen molar-refractivity contribution in [1.82, 2.24) is 29.6 Å². The Morgan fingerprint density at radius 2 is 2.16 bits per heavy atom. The first-order valence-electron chi connectivity index (χ1n) is 8.26. The van der Waals surface area contributed by atoms with Crippen molar-refractivity contribution in [2.75, 3.05) is 6.54 Å². The summed E-state index contributed by atoms with van der Waals surface area (Å²) in [6, 6.07) is 5.62. The summed E-state index contributed by atoms with van der Waals surface area (Å²) in [6.45, 7) is 7.48. The number of hydrogen-bond acceptors (Lipinski definition) is 4. The van der Waals surface area contributed by atoms with Crippen LogP contribution in [0.25, 0.3) is 5.82 Å². The molecule has 3 heterocycles. The number of nitrogens with zero attached hydrogens (tertiary/aromatic N) is 5. The number of imidazole rings is 1. The summed E-state index contributed by atoms with van der Waals surface area (Å²) >= 11 is 0. The van der Waals surface area contributed by atoms with E-state index in [0.29, 0.717) is 12.1 Å². The standard InChI is InChI=1S/C18H22N6O/c1-13(11-24-15(3)8-14(2)22-24)9-21-18(25)16-4-5-17(20-10-16)23-7-6-19-12-23/h4-8,10,12-13H,9,11H2,1-3H3,(H,21,25)/t13-/m1/s1. The first-order valence-corrected chi connectivity index (χ1v) is 8.26. The number of pyridine rings is 1. The van der Waals surface area contributed by atoms with Gasteiger partial charge in [-0.1, -0.05) is 6.92 Å². The molecule has 0 aromatic carbocycles. The predicted octanol–water partition coefficient (Wildman–Crippen LogP) is 2.15. The molecule has 0 aliphatic carbocycles. The van der Waals surface area contributed by atoms with E-state index < -0.39 is 0 Å². The monoisotopic (exact) mass is 338 g/mol. The van der Waals surface area contributed by atoms with Crippen LogP contribution < -0.4 is 5.32 Å². The van der Waals surface area contributed by atoms with Gasteiger partial charge >= 0.3 is 0 Å². The molecular formula is C18H22N6O. The molecule has 0 saturated heterocycles. The van der Waals surface area contributed by atoms with E-state index in [4.69, 9.17) is 0 Å². The van der Waals surface area contributed by atoms with E-state index in [9.17, 15) is 4.79 Å². The van der Waals surface area contributed by atoms with Crippen LogP contribution in [0.3, 0.4) is 0 Å². The molecule has 1 amide bonds. The number of aryl methyl sites for hydroxylation is 2. The van der Waals surface area contributed by atoms with Gasteiger partial charge in [0.1, 0.15) is 12.1 Å². The maximum Gasteiger partial charge on any atom is 0.252 e. The van der Waals surface area contributed by atoms with Gasteiger partial charge in [0.05, 0.1) is 11.3 Å². The van der Waals surface area contributed by atoms with Gasteiger partial charge in [-0.2, -0.15) is 5.10 Å². The van der Waals surface area contributed by atoms with Gasteiger partial charge in [0.25, 0.3) is 5.91 Å². The zero-order valence-electron chi connectivity index (χ0n) is 14.7. The molecule has 0 bridgehead atoms. The number of carbonyl (C=O) groups excluding carboxylic acids is 1. The second-order valence-corrected chi connectivity index (χ2v) is 6.30. The van der Waals surface area contributed by atoms with E-state index in [-0.39, 0.29) is 11.8 Å². The van der Waals surface area contributed by atoms with Crippen molar-refractivity contribution >= 4 is 5.91 Å². The lowest BCUT2D eigenvalue weighted by atomic mass is 10.1. The minimum atomic E-state index is -0.120. The third-order valence-corrected chi connectivity index (χ3v) is 3.98. The zero-order chi connectivity index (χ0) is 17.8. The van der Waals surface area contributed by atoms with Gasteiger partial charge in [-0.05, 0) is 38.0 Å². The van der Waals surface area contributed by atoms with Crippen molar-refractivity contribution < 1.29 is 4.79 Å². The first-order chi connectivity index (χ1) is 12.0. The van der Waals surface area contributed by atoms with Crippen LogP contribution in [0.4, 0.5) is 0 Å². The van der Waals surface area contributed by atoms with E-state index in [2.05, 4.69) is 33.4 Å². The SMILES string of the molecule is Cc1cc(C)n(C[C@H](C)CNC(=O)c2ccc(-n3ccnc3)nc2)n1. The van der Waals surface area contributed by atoms with Crippen LogP contribution in [0.5, 0.6) is 0 Å². The molecule has 3 rings (SSSR count). The molecule has 0 spiro atoms. The highest BCUT2D eigenvalue weighted by molar-refractivity contribution is 5.93. The van der Waals surface area contributed by atoms with Crippen molar-refractivity contribution in [2.45, 2.75) is 27.3 Å². The van der Waals surface area contributed by atoms with Crippen molar-refractivity contribution in [1.29, 1.82) is 0 Å². The third kappa shape index (κ3) is 4.12. The highest BCUT2D eigenvalue weighted by atomic mass is 16.1. The van der Waals surface area contributed by atoms with Crippen molar-refractivity contribution in [3.8, 4) is 5.82 Å². The molecule has 7 heteroatoms. The van der Waals surface area contributed by atoms with Gasteiger partial charge in [-0.15, -0.1) is 0 Å². The lowest BCUT2D eigenvalue weighted by molar-refractivity contribution is 0.0946. The Labute approximate surface area is 146 Å². The van der Waals surface area contributed by atoms with Crippen molar-refractivity contribution in [2.24, 2.45) is 5.92 Å². The Morgan fingerprint density at radius 3 is 2.76 bits per heavy atom. The Hall–Kier alpha value is -2.96. The Bertz CT molecular complexity index is 835. The Balaban J connectivity index is 1.54. The average molecular weight is 338 g/mol. The van der Waals surface area contributed by atoms with E-state index in [1.807, 2.05) is 24.7 Å². The lowest BCUT2D eigenvalue weighted by Crippen LogP contribution is -2.30. The Morgan fingerprint density at radius 1 is 1.32 bits per heavy atom. The molecule has 7 nitrogen and oxygen atoms in total. The minimum Gasteiger partial charge on any atom is -0.352 e. The van der Waals surface area contributed by atoms with Gasteiger partial charge in [-0.25, -0.2) is 9.97 Å². The highest BCUT2D eigenvalue weighted by Gasteiger charge is 2.11. The number of amides is 1. The van der Waals surface area contributed by atoms with Crippen LogP contribution in [0.2, 0.25) is 0 Å². The predicted molar refractivity (Wildman–Crippen MR) is 94.6 cm³/mol. The van der Waals surface area contributed by atoms with Crippen molar-refractivity contribution in [3.05, 3.63) is 60.1 Å². The quantitative estimate of drug-likeness (QED) is 0.747. The zero-order valence-corrected chi connectivity index (χ0v) is 14.7. The summed E-state index contributed by atoms with van der Waals surface area (Å²) in [7, 11) is 0. The summed E-state index contributed by atoms with van der Waals surface area (Å²) in [4.78, 5) is 20.6. The molecule has 3 aromatic heterocycles. The fraction of sp³-hybridized carbons (Fsp3) is 0.333. The molecular weight excluding hydrogens is 316 g/mol. The number of nitrogens with one attached hydrogen (secondary N) is 1. The molecule has 1 atom stereocenters. The number of hydrogen-bond donors (Lipinski definition) is 1. The van der Waals surface area contributed by atoms with Crippen LogP contribution >= 0.6 is 0 Å². The smallest absolute Gasteiger partial charge is 0.252 e. The number of carbonyl (C=O) groups is 1. The second-order valence-electron chi connectivity index (χ2n) is 6.30. The largest absolute Gasteiger partial charge is 0.352 e. The molecule has 0 aliphatic heterocycles. The molecule has 130 valence electrons. The normalized spacial score (nSPS) is 12.1. The van der Waals surface area contributed by atoms with Crippen molar-refractivity contribution in [3.63, 3.8) is 0 Å². The molecule has 1 N–H and O–H groups in total. The fourth-order valence-electron chi connectivity index (χ4n) is 2.66. The van der Waals surface area contributed by atoms with E-state index in [1.54, 1.807) is 35.4 Å². The molecule has 0 radical (unpaired) electrons.